The molecular weight excluding hydrogens is 450 g/mol. The topological polar surface area (TPSA) is 100 Å². The third kappa shape index (κ3) is 3.70. The average molecular weight is 471 g/mol. The first-order chi connectivity index (χ1) is 15.8. The number of carbonyl (C=O) groups is 1. The minimum atomic E-state index is -4.33. The van der Waals surface area contributed by atoms with E-state index in [0.717, 1.165) is 24.1 Å². The smallest absolute Gasteiger partial charge is 0.264 e. The molecule has 0 saturated heterocycles. The Balaban J connectivity index is 1.53. The number of hydrogen-bond acceptors (Lipinski definition) is 5. The number of halogens is 2. The number of sulfonamides is 1. The molecule has 1 saturated carbocycles. The number of pyridine rings is 1. The van der Waals surface area contributed by atoms with Gasteiger partial charge in [0.05, 0.1) is 22.5 Å². The van der Waals surface area contributed by atoms with Crippen LogP contribution in [-0.2, 0) is 26.8 Å². The van der Waals surface area contributed by atoms with Gasteiger partial charge < -0.3 is 10.6 Å². The van der Waals surface area contributed by atoms with Gasteiger partial charge in [-0.3, -0.25) is 14.5 Å². The predicted molar refractivity (Wildman–Crippen MR) is 119 cm³/mol. The van der Waals surface area contributed by atoms with Crippen molar-refractivity contribution in [1.29, 1.82) is 0 Å². The lowest BCUT2D eigenvalue weighted by Gasteiger charge is -2.36. The van der Waals surface area contributed by atoms with Gasteiger partial charge in [0, 0.05) is 25.0 Å². The van der Waals surface area contributed by atoms with Gasteiger partial charge in [-0.25, -0.2) is 17.2 Å². The van der Waals surface area contributed by atoms with Gasteiger partial charge in [0.1, 0.15) is 16.5 Å². The van der Waals surface area contributed by atoms with Crippen LogP contribution in [0.2, 0.25) is 0 Å². The zero-order chi connectivity index (χ0) is 23.2. The molecule has 0 unspecified atom stereocenters. The molecule has 0 bridgehead atoms. The fraction of sp³-hybridized carbons (Fsp3) is 0.217. The van der Waals surface area contributed by atoms with Crippen molar-refractivity contribution in [2.75, 3.05) is 15.4 Å². The number of hydrogen-bond donors (Lipinski definition) is 3. The molecule has 1 aromatic heterocycles. The van der Waals surface area contributed by atoms with E-state index in [1.165, 1.54) is 0 Å². The fourth-order valence-electron chi connectivity index (χ4n) is 4.34. The second-order valence-corrected chi connectivity index (χ2v) is 9.88. The quantitative estimate of drug-likeness (QED) is 0.503. The molecular formula is C23H20F2N4O3S. The Morgan fingerprint density at radius 3 is 2.48 bits per heavy atom. The summed E-state index contributed by atoms with van der Waals surface area (Å²) in [7, 11) is -4.33. The largest absolute Gasteiger partial charge is 0.379 e. The van der Waals surface area contributed by atoms with Crippen molar-refractivity contribution in [3.05, 3.63) is 77.6 Å². The van der Waals surface area contributed by atoms with Crippen LogP contribution in [0.5, 0.6) is 0 Å². The maximum Gasteiger partial charge on any atom is 0.264 e. The molecule has 10 heteroatoms. The molecule has 170 valence electrons. The van der Waals surface area contributed by atoms with Crippen molar-refractivity contribution < 1.29 is 22.0 Å². The van der Waals surface area contributed by atoms with E-state index in [1.54, 1.807) is 24.5 Å². The van der Waals surface area contributed by atoms with E-state index in [9.17, 15) is 22.0 Å². The van der Waals surface area contributed by atoms with Crippen LogP contribution >= 0.6 is 0 Å². The first kappa shape index (κ1) is 21.3. The van der Waals surface area contributed by atoms with Gasteiger partial charge in [-0.2, -0.15) is 0 Å². The molecule has 1 fully saturated rings. The Bertz CT molecular complexity index is 1360. The van der Waals surface area contributed by atoms with Gasteiger partial charge >= 0.3 is 0 Å². The number of fused-ring (bicyclic) bond motifs is 2. The number of benzene rings is 2. The summed E-state index contributed by atoms with van der Waals surface area (Å²) < 4.78 is 55.5. The van der Waals surface area contributed by atoms with Crippen LogP contribution < -0.4 is 15.4 Å². The molecule has 1 aliphatic carbocycles. The van der Waals surface area contributed by atoms with Gasteiger partial charge in [-0.1, -0.05) is 6.42 Å². The normalized spacial score (nSPS) is 16.1. The first-order valence-electron chi connectivity index (χ1n) is 10.4. The van der Waals surface area contributed by atoms with Crippen LogP contribution in [0, 0.1) is 11.6 Å². The van der Waals surface area contributed by atoms with E-state index in [1.807, 2.05) is 12.1 Å². The van der Waals surface area contributed by atoms with Crippen molar-refractivity contribution in [2.45, 2.75) is 36.1 Å². The Labute approximate surface area is 189 Å². The highest BCUT2D eigenvalue weighted by atomic mass is 32.2. The number of aromatic nitrogens is 1. The summed E-state index contributed by atoms with van der Waals surface area (Å²) in [5, 5.41) is 6.19. The van der Waals surface area contributed by atoms with Gasteiger partial charge in [0.25, 0.3) is 10.0 Å². The summed E-state index contributed by atoms with van der Waals surface area (Å²) in [6.45, 7) is 0.417. The van der Waals surface area contributed by atoms with E-state index in [2.05, 4.69) is 20.3 Å². The SMILES string of the molecule is O=C1Nc2c(NCc3ccncc3)cc(NS(=O)(=O)c3ccc(F)cc3F)cc2C12CCC2. The van der Waals surface area contributed by atoms with Crippen LogP contribution in [0.15, 0.2) is 59.8 Å². The zero-order valence-corrected chi connectivity index (χ0v) is 18.2. The molecule has 2 aromatic carbocycles. The molecule has 1 aliphatic heterocycles. The van der Waals surface area contributed by atoms with Gasteiger partial charge in [-0.15, -0.1) is 0 Å². The molecule has 33 heavy (non-hydrogen) atoms. The number of nitrogens with one attached hydrogen (secondary N) is 3. The number of anilines is 3. The Hall–Kier alpha value is -3.53. The summed E-state index contributed by atoms with van der Waals surface area (Å²) in [6.07, 6.45) is 5.54. The van der Waals surface area contributed by atoms with Crippen LogP contribution in [0.4, 0.5) is 25.8 Å². The van der Waals surface area contributed by atoms with Crippen molar-refractivity contribution in [2.24, 2.45) is 0 Å². The number of nitrogens with zero attached hydrogens (tertiary/aromatic N) is 1. The van der Waals surface area contributed by atoms with Crippen LogP contribution in [-0.4, -0.2) is 19.3 Å². The van der Waals surface area contributed by atoms with Crippen molar-refractivity contribution in [1.82, 2.24) is 4.98 Å². The highest BCUT2D eigenvalue weighted by molar-refractivity contribution is 7.92. The minimum absolute atomic E-state index is 0.111. The maximum atomic E-state index is 14.2. The molecule has 3 aromatic rings. The summed E-state index contributed by atoms with van der Waals surface area (Å²) in [4.78, 5) is 16.1. The Kier molecular flexibility index (Phi) is 5.04. The highest BCUT2D eigenvalue weighted by Gasteiger charge is 2.52. The lowest BCUT2D eigenvalue weighted by molar-refractivity contribution is -0.123. The molecule has 2 aliphatic rings. The van der Waals surface area contributed by atoms with E-state index in [4.69, 9.17) is 0 Å². The molecule has 2 heterocycles. The summed E-state index contributed by atoms with van der Waals surface area (Å²) in [5.74, 6) is -2.17. The van der Waals surface area contributed by atoms with E-state index >= 15 is 0 Å². The van der Waals surface area contributed by atoms with E-state index < -0.39 is 32.0 Å². The summed E-state index contributed by atoms with van der Waals surface area (Å²) in [5.41, 5.74) is 2.29. The summed E-state index contributed by atoms with van der Waals surface area (Å²) >= 11 is 0. The third-order valence-corrected chi connectivity index (χ3v) is 7.62. The number of carbonyl (C=O) groups excluding carboxylic acids is 1. The number of rotatable bonds is 6. The zero-order valence-electron chi connectivity index (χ0n) is 17.4. The molecule has 7 nitrogen and oxygen atoms in total. The second-order valence-electron chi connectivity index (χ2n) is 8.23. The number of amides is 1. The Morgan fingerprint density at radius 2 is 1.82 bits per heavy atom. The van der Waals surface area contributed by atoms with Gasteiger partial charge in [0.2, 0.25) is 5.91 Å². The molecule has 5 rings (SSSR count). The van der Waals surface area contributed by atoms with Crippen molar-refractivity contribution in [3.8, 4) is 0 Å². The van der Waals surface area contributed by atoms with Gasteiger partial charge in [0.15, 0.2) is 0 Å². The minimum Gasteiger partial charge on any atom is -0.379 e. The maximum absolute atomic E-state index is 14.2. The molecule has 1 spiro atoms. The third-order valence-electron chi connectivity index (χ3n) is 6.20. The van der Waals surface area contributed by atoms with Crippen LogP contribution in [0.25, 0.3) is 0 Å². The predicted octanol–water partition coefficient (Wildman–Crippen LogP) is 4.15. The van der Waals surface area contributed by atoms with Crippen LogP contribution in [0.1, 0.15) is 30.4 Å². The highest BCUT2D eigenvalue weighted by Crippen LogP contribution is 2.54. The summed E-state index contributed by atoms with van der Waals surface area (Å²) in [6, 6.07) is 9.12. The Morgan fingerprint density at radius 1 is 1.06 bits per heavy atom. The lowest BCUT2D eigenvalue weighted by atomic mass is 9.65. The molecule has 1 amide bonds. The van der Waals surface area contributed by atoms with Crippen molar-refractivity contribution in [3.63, 3.8) is 0 Å². The standard InChI is InChI=1S/C23H20F2N4O3S/c24-15-2-3-20(18(25)10-15)33(31,32)29-16-11-17-21(28-22(30)23(17)6-1-7-23)19(12-16)27-13-14-4-8-26-9-5-14/h2-5,8-12,27,29H,1,6-7,13H2,(H,28,30). The molecule has 0 radical (unpaired) electrons. The average Bonchev–Trinajstić information content (AvgIpc) is 3.04. The second kappa shape index (κ2) is 7.80. The fourth-order valence-corrected chi connectivity index (χ4v) is 5.44. The molecule has 3 N–H and O–H groups in total. The van der Waals surface area contributed by atoms with E-state index in [0.29, 0.717) is 42.4 Å². The van der Waals surface area contributed by atoms with E-state index in [-0.39, 0.29) is 11.6 Å². The van der Waals surface area contributed by atoms with Gasteiger partial charge in [-0.05, 0) is 60.4 Å². The van der Waals surface area contributed by atoms with Crippen molar-refractivity contribution >= 4 is 33.0 Å². The lowest BCUT2D eigenvalue weighted by Crippen LogP contribution is -2.40. The van der Waals surface area contributed by atoms with Crippen LogP contribution in [0.3, 0.4) is 0 Å². The monoisotopic (exact) mass is 470 g/mol. The molecule has 0 atom stereocenters. The first-order valence-corrected chi connectivity index (χ1v) is 11.9.